The Balaban J connectivity index is 1.49. The van der Waals surface area contributed by atoms with Crippen LogP contribution in [0.15, 0.2) is 79.1 Å². The van der Waals surface area contributed by atoms with E-state index in [1.807, 2.05) is 47.4 Å². The first kappa shape index (κ1) is 15.5. The molecule has 1 aromatic heterocycles. The Morgan fingerprint density at radius 3 is 1.96 bits per heavy atom. The summed E-state index contributed by atoms with van der Waals surface area (Å²) >= 11 is 0. The summed E-state index contributed by atoms with van der Waals surface area (Å²) in [7, 11) is 0. The van der Waals surface area contributed by atoms with E-state index in [-0.39, 0.29) is 5.91 Å². The molecule has 2 aromatic carbocycles. The smallest absolute Gasteiger partial charge is 0.253 e. The van der Waals surface area contributed by atoms with E-state index in [1.54, 1.807) is 0 Å². The average molecular weight is 331 g/mol. The summed E-state index contributed by atoms with van der Waals surface area (Å²) in [5.74, 6) is 0.124. The minimum Gasteiger partial charge on any atom is -0.366 e. The van der Waals surface area contributed by atoms with Crippen molar-refractivity contribution < 1.29 is 4.79 Å². The lowest BCUT2D eigenvalue weighted by Crippen LogP contribution is -2.49. The molecule has 0 saturated carbocycles. The van der Waals surface area contributed by atoms with Crippen molar-refractivity contribution >= 4 is 11.6 Å². The van der Waals surface area contributed by atoms with E-state index in [2.05, 4.69) is 46.1 Å². The number of hydrogen-bond acceptors (Lipinski definition) is 2. The number of nitrogens with zero attached hydrogens (tertiary/aromatic N) is 3. The number of carbonyl (C=O) groups is 1. The van der Waals surface area contributed by atoms with Crippen molar-refractivity contribution in [3.8, 4) is 5.69 Å². The zero-order chi connectivity index (χ0) is 17.1. The molecule has 25 heavy (non-hydrogen) atoms. The summed E-state index contributed by atoms with van der Waals surface area (Å²) < 4.78 is 2.14. The minimum atomic E-state index is 0.124. The summed E-state index contributed by atoms with van der Waals surface area (Å²) in [5.41, 5.74) is 3.16. The molecule has 1 aliphatic heterocycles. The quantitative estimate of drug-likeness (QED) is 0.735. The number of carbonyl (C=O) groups excluding carboxylic acids is 1. The number of anilines is 1. The van der Waals surface area contributed by atoms with Gasteiger partial charge in [-0.15, -0.1) is 0 Å². The summed E-state index contributed by atoms with van der Waals surface area (Å²) in [6, 6.07) is 22.0. The SMILES string of the molecule is O=C(c1ccccc1)N1CCN(c2ccccc2-n2cccc2)CC1. The second kappa shape index (κ2) is 6.85. The Morgan fingerprint density at radius 2 is 1.28 bits per heavy atom. The van der Waals surface area contributed by atoms with Crippen LogP contribution in [0.4, 0.5) is 5.69 Å². The highest BCUT2D eigenvalue weighted by molar-refractivity contribution is 5.94. The Hall–Kier alpha value is -3.01. The molecule has 0 spiro atoms. The van der Waals surface area contributed by atoms with Gasteiger partial charge in [-0.2, -0.15) is 0 Å². The second-order valence-corrected chi connectivity index (χ2v) is 6.22. The van der Waals surface area contributed by atoms with E-state index in [0.29, 0.717) is 0 Å². The van der Waals surface area contributed by atoms with Gasteiger partial charge in [0, 0.05) is 44.1 Å². The predicted octanol–water partition coefficient (Wildman–Crippen LogP) is 3.44. The Kier molecular flexibility index (Phi) is 4.25. The van der Waals surface area contributed by atoms with E-state index < -0.39 is 0 Å². The molecule has 0 N–H and O–H groups in total. The number of aromatic nitrogens is 1. The largest absolute Gasteiger partial charge is 0.366 e. The van der Waals surface area contributed by atoms with Crippen molar-refractivity contribution in [3.05, 3.63) is 84.7 Å². The fraction of sp³-hybridized carbons (Fsp3) is 0.190. The number of para-hydroxylation sites is 2. The number of amides is 1. The van der Waals surface area contributed by atoms with Crippen LogP contribution in [-0.4, -0.2) is 41.6 Å². The maximum atomic E-state index is 12.6. The van der Waals surface area contributed by atoms with Gasteiger partial charge in [0.15, 0.2) is 0 Å². The lowest BCUT2D eigenvalue weighted by atomic mass is 10.1. The van der Waals surface area contributed by atoms with Gasteiger partial charge in [-0.25, -0.2) is 0 Å². The van der Waals surface area contributed by atoms with Gasteiger partial charge in [0.1, 0.15) is 0 Å². The third-order valence-corrected chi connectivity index (χ3v) is 4.69. The second-order valence-electron chi connectivity index (χ2n) is 6.22. The summed E-state index contributed by atoms with van der Waals surface area (Å²) in [5, 5.41) is 0. The van der Waals surface area contributed by atoms with Crippen molar-refractivity contribution in [2.45, 2.75) is 0 Å². The van der Waals surface area contributed by atoms with Crippen LogP contribution in [0.25, 0.3) is 5.69 Å². The summed E-state index contributed by atoms with van der Waals surface area (Å²) in [4.78, 5) is 16.9. The van der Waals surface area contributed by atoms with Crippen LogP contribution in [0.5, 0.6) is 0 Å². The third-order valence-electron chi connectivity index (χ3n) is 4.69. The van der Waals surface area contributed by atoms with Crippen molar-refractivity contribution in [2.24, 2.45) is 0 Å². The Labute approximate surface area is 147 Å². The van der Waals surface area contributed by atoms with Gasteiger partial charge in [0.05, 0.1) is 11.4 Å². The maximum Gasteiger partial charge on any atom is 0.253 e. The Bertz CT molecular complexity index is 835. The molecular weight excluding hydrogens is 310 g/mol. The molecule has 0 bridgehead atoms. The Morgan fingerprint density at radius 1 is 0.680 bits per heavy atom. The molecule has 0 unspecified atom stereocenters. The first-order valence-electron chi connectivity index (χ1n) is 8.64. The lowest BCUT2D eigenvalue weighted by Gasteiger charge is -2.37. The van der Waals surface area contributed by atoms with Crippen molar-refractivity contribution in [1.82, 2.24) is 9.47 Å². The molecule has 126 valence electrons. The molecule has 4 rings (SSSR count). The molecule has 3 aromatic rings. The first-order valence-corrected chi connectivity index (χ1v) is 8.64. The highest BCUT2D eigenvalue weighted by Gasteiger charge is 2.23. The zero-order valence-electron chi connectivity index (χ0n) is 14.1. The number of benzene rings is 2. The molecular formula is C21H21N3O. The molecule has 1 amide bonds. The molecule has 4 nitrogen and oxygen atoms in total. The molecule has 0 atom stereocenters. The van der Waals surface area contributed by atoms with Crippen LogP contribution in [-0.2, 0) is 0 Å². The standard InChI is InChI=1S/C21H21N3O/c25-21(18-8-2-1-3-9-18)24-16-14-23(15-17-24)20-11-5-4-10-19(20)22-12-6-7-13-22/h1-13H,14-17H2. The first-order chi connectivity index (χ1) is 12.3. The normalized spacial score (nSPS) is 14.6. The fourth-order valence-corrected chi connectivity index (χ4v) is 3.36. The molecule has 2 heterocycles. The van der Waals surface area contributed by atoms with Gasteiger partial charge in [-0.1, -0.05) is 30.3 Å². The molecule has 4 heteroatoms. The maximum absolute atomic E-state index is 12.6. The van der Waals surface area contributed by atoms with Crippen LogP contribution in [0.3, 0.4) is 0 Å². The van der Waals surface area contributed by atoms with Crippen LogP contribution in [0.2, 0.25) is 0 Å². The van der Waals surface area contributed by atoms with Gasteiger partial charge in [0.25, 0.3) is 5.91 Å². The van der Waals surface area contributed by atoms with E-state index in [9.17, 15) is 4.79 Å². The topological polar surface area (TPSA) is 28.5 Å². The highest BCUT2D eigenvalue weighted by Crippen LogP contribution is 2.25. The summed E-state index contributed by atoms with van der Waals surface area (Å²) in [6.45, 7) is 3.18. The zero-order valence-corrected chi connectivity index (χ0v) is 14.1. The highest BCUT2D eigenvalue weighted by atomic mass is 16.2. The molecule has 1 fully saturated rings. The number of hydrogen-bond donors (Lipinski definition) is 0. The van der Waals surface area contributed by atoms with Crippen LogP contribution in [0, 0.1) is 0 Å². The van der Waals surface area contributed by atoms with Crippen LogP contribution >= 0.6 is 0 Å². The van der Waals surface area contributed by atoms with Crippen LogP contribution < -0.4 is 4.90 Å². The summed E-state index contributed by atoms with van der Waals surface area (Å²) in [6.07, 6.45) is 4.13. The van der Waals surface area contributed by atoms with E-state index in [0.717, 1.165) is 31.7 Å². The van der Waals surface area contributed by atoms with Crippen molar-refractivity contribution in [2.75, 3.05) is 31.1 Å². The van der Waals surface area contributed by atoms with E-state index in [4.69, 9.17) is 0 Å². The van der Waals surface area contributed by atoms with Gasteiger partial charge < -0.3 is 14.4 Å². The average Bonchev–Trinajstić information content (AvgIpc) is 3.23. The fourth-order valence-electron chi connectivity index (χ4n) is 3.36. The monoisotopic (exact) mass is 331 g/mol. The molecule has 0 aliphatic carbocycles. The number of rotatable bonds is 3. The van der Waals surface area contributed by atoms with Gasteiger partial charge in [-0.05, 0) is 36.4 Å². The third kappa shape index (κ3) is 3.15. The van der Waals surface area contributed by atoms with E-state index in [1.165, 1.54) is 11.4 Å². The van der Waals surface area contributed by atoms with Gasteiger partial charge in [0.2, 0.25) is 0 Å². The van der Waals surface area contributed by atoms with Crippen molar-refractivity contribution in [3.63, 3.8) is 0 Å². The molecule has 0 radical (unpaired) electrons. The van der Waals surface area contributed by atoms with Crippen molar-refractivity contribution in [1.29, 1.82) is 0 Å². The van der Waals surface area contributed by atoms with Gasteiger partial charge in [-0.3, -0.25) is 4.79 Å². The van der Waals surface area contributed by atoms with E-state index >= 15 is 0 Å². The van der Waals surface area contributed by atoms with Gasteiger partial charge >= 0.3 is 0 Å². The predicted molar refractivity (Wildman–Crippen MR) is 100 cm³/mol. The molecule has 1 saturated heterocycles. The lowest BCUT2D eigenvalue weighted by molar-refractivity contribution is 0.0747. The van der Waals surface area contributed by atoms with Crippen LogP contribution in [0.1, 0.15) is 10.4 Å². The number of piperazine rings is 1. The molecule has 1 aliphatic rings. The minimum absolute atomic E-state index is 0.124.